The molecule has 0 unspecified atom stereocenters. The molecule has 0 bridgehead atoms. The number of amides is 2. The molecule has 0 saturated carbocycles. The van der Waals surface area contributed by atoms with Crippen LogP contribution in [0.25, 0.3) is 0 Å². The highest BCUT2D eigenvalue weighted by Crippen LogP contribution is 2.34. The summed E-state index contributed by atoms with van der Waals surface area (Å²) in [7, 11) is 0. The van der Waals surface area contributed by atoms with Crippen LogP contribution >= 0.6 is 0 Å². The fourth-order valence-corrected chi connectivity index (χ4v) is 3.27. The van der Waals surface area contributed by atoms with Crippen LogP contribution in [0.1, 0.15) is 11.1 Å². The van der Waals surface area contributed by atoms with Gasteiger partial charge in [-0.15, -0.1) is 0 Å². The molecular formula is C24H22N2O4. The number of anilines is 1. The first kappa shape index (κ1) is 19.5. The van der Waals surface area contributed by atoms with E-state index in [9.17, 15) is 9.59 Å². The van der Waals surface area contributed by atoms with Crippen molar-refractivity contribution in [1.82, 2.24) is 4.90 Å². The number of carbonyl (C=O) groups is 2. The van der Waals surface area contributed by atoms with Crippen LogP contribution in [-0.2, 0) is 22.6 Å². The van der Waals surface area contributed by atoms with E-state index in [1.54, 1.807) is 23.1 Å². The molecular weight excluding hydrogens is 380 g/mol. The molecule has 6 heteroatoms. The van der Waals surface area contributed by atoms with Crippen molar-refractivity contribution in [2.24, 2.45) is 0 Å². The Kier molecular flexibility index (Phi) is 5.94. The Hall–Kier alpha value is -3.80. The van der Waals surface area contributed by atoms with Gasteiger partial charge in [-0.3, -0.25) is 9.59 Å². The van der Waals surface area contributed by atoms with Crippen LogP contribution in [0, 0.1) is 0 Å². The first-order chi connectivity index (χ1) is 14.7. The summed E-state index contributed by atoms with van der Waals surface area (Å²) in [6.45, 7) is 0.488. The van der Waals surface area contributed by atoms with Crippen molar-refractivity contribution in [3.63, 3.8) is 0 Å². The molecule has 3 aromatic carbocycles. The topological polar surface area (TPSA) is 67.9 Å². The Morgan fingerprint density at radius 1 is 0.833 bits per heavy atom. The lowest BCUT2D eigenvalue weighted by atomic mass is 10.1. The lowest BCUT2D eigenvalue weighted by Gasteiger charge is -2.22. The number of ether oxygens (including phenoxy) is 2. The van der Waals surface area contributed by atoms with E-state index in [1.807, 2.05) is 60.7 Å². The molecule has 0 fully saturated rings. The molecule has 6 nitrogen and oxygen atoms in total. The quantitative estimate of drug-likeness (QED) is 0.655. The number of benzene rings is 3. The van der Waals surface area contributed by atoms with Gasteiger partial charge >= 0.3 is 0 Å². The van der Waals surface area contributed by atoms with Gasteiger partial charge in [-0.1, -0.05) is 60.7 Å². The van der Waals surface area contributed by atoms with Crippen LogP contribution in [-0.4, -0.2) is 30.1 Å². The maximum atomic E-state index is 13.0. The molecule has 1 N–H and O–H groups in total. The summed E-state index contributed by atoms with van der Waals surface area (Å²) in [4.78, 5) is 27.2. The fourth-order valence-electron chi connectivity index (χ4n) is 3.27. The van der Waals surface area contributed by atoms with E-state index >= 15 is 0 Å². The number of nitrogens with one attached hydrogen (secondary N) is 1. The molecule has 0 saturated heterocycles. The minimum absolute atomic E-state index is 0.0466. The van der Waals surface area contributed by atoms with E-state index in [4.69, 9.17) is 9.47 Å². The van der Waals surface area contributed by atoms with Crippen molar-refractivity contribution in [2.45, 2.75) is 13.0 Å². The molecule has 1 aliphatic heterocycles. The van der Waals surface area contributed by atoms with E-state index in [-0.39, 0.29) is 31.6 Å². The second-order valence-corrected chi connectivity index (χ2v) is 7.01. The predicted octanol–water partition coefficient (Wildman–Crippen LogP) is 3.63. The SMILES string of the molecule is O=C(CN(Cc1ccccc1)C(=O)Cc1ccccc1)Nc1ccc2c(c1)OCO2. The zero-order valence-corrected chi connectivity index (χ0v) is 16.4. The average Bonchev–Trinajstić information content (AvgIpc) is 3.22. The Labute approximate surface area is 175 Å². The summed E-state index contributed by atoms with van der Waals surface area (Å²) < 4.78 is 10.6. The van der Waals surface area contributed by atoms with Gasteiger partial charge in [0.05, 0.1) is 6.42 Å². The average molecular weight is 402 g/mol. The number of hydrogen-bond donors (Lipinski definition) is 1. The smallest absolute Gasteiger partial charge is 0.244 e. The molecule has 4 rings (SSSR count). The number of nitrogens with zero attached hydrogens (tertiary/aromatic N) is 1. The first-order valence-electron chi connectivity index (χ1n) is 9.72. The van der Waals surface area contributed by atoms with Gasteiger partial charge in [0.1, 0.15) is 6.54 Å². The van der Waals surface area contributed by atoms with E-state index in [2.05, 4.69) is 5.32 Å². The van der Waals surface area contributed by atoms with Gasteiger partial charge in [-0.25, -0.2) is 0 Å². The van der Waals surface area contributed by atoms with E-state index in [0.29, 0.717) is 23.7 Å². The molecule has 0 radical (unpaired) electrons. The summed E-state index contributed by atoms with van der Waals surface area (Å²) >= 11 is 0. The van der Waals surface area contributed by atoms with Crippen molar-refractivity contribution in [3.05, 3.63) is 90.0 Å². The van der Waals surface area contributed by atoms with E-state index in [1.165, 1.54) is 0 Å². The second-order valence-electron chi connectivity index (χ2n) is 7.01. The molecule has 152 valence electrons. The van der Waals surface area contributed by atoms with Crippen LogP contribution in [0.15, 0.2) is 78.9 Å². The molecule has 0 atom stereocenters. The third-order valence-electron chi connectivity index (χ3n) is 4.76. The molecule has 1 aliphatic rings. The monoisotopic (exact) mass is 402 g/mol. The summed E-state index contributed by atoms with van der Waals surface area (Å²) in [6, 6.07) is 24.4. The lowest BCUT2D eigenvalue weighted by Crippen LogP contribution is -2.38. The highest BCUT2D eigenvalue weighted by atomic mass is 16.7. The van der Waals surface area contributed by atoms with Gasteiger partial charge in [0.2, 0.25) is 18.6 Å². The van der Waals surface area contributed by atoms with Crippen molar-refractivity contribution in [2.75, 3.05) is 18.7 Å². The van der Waals surface area contributed by atoms with Crippen molar-refractivity contribution in [3.8, 4) is 11.5 Å². The highest BCUT2D eigenvalue weighted by molar-refractivity contribution is 5.95. The minimum atomic E-state index is -0.272. The van der Waals surface area contributed by atoms with Gasteiger partial charge in [0.15, 0.2) is 11.5 Å². The number of carbonyl (C=O) groups excluding carboxylic acids is 2. The first-order valence-corrected chi connectivity index (χ1v) is 9.72. The van der Waals surface area contributed by atoms with Gasteiger partial charge in [-0.2, -0.15) is 0 Å². The standard InChI is InChI=1S/C24H22N2O4/c27-23(25-20-11-12-21-22(14-20)30-17-29-21)16-26(15-19-9-5-2-6-10-19)24(28)13-18-7-3-1-4-8-18/h1-12,14H,13,15-17H2,(H,25,27). The van der Waals surface area contributed by atoms with Gasteiger partial charge in [-0.05, 0) is 23.3 Å². The number of rotatable bonds is 7. The Morgan fingerprint density at radius 3 is 2.23 bits per heavy atom. The third-order valence-corrected chi connectivity index (χ3v) is 4.76. The third kappa shape index (κ3) is 4.97. The molecule has 1 heterocycles. The lowest BCUT2D eigenvalue weighted by molar-refractivity contribution is -0.134. The normalized spacial score (nSPS) is 11.7. The van der Waals surface area contributed by atoms with Crippen LogP contribution in [0.4, 0.5) is 5.69 Å². The largest absolute Gasteiger partial charge is 0.454 e. The van der Waals surface area contributed by atoms with E-state index < -0.39 is 0 Å². The molecule has 3 aromatic rings. The zero-order valence-electron chi connectivity index (χ0n) is 16.4. The van der Waals surface area contributed by atoms with Crippen LogP contribution < -0.4 is 14.8 Å². The minimum Gasteiger partial charge on any atom is -0.454 e. The van der Waals surface area contributed by atoms with Crippen molar-refractivity contribution >= 4 is 17.5 Å². The van der Waals surface area contributed by atoms with Crippen LogP contribution in [0.5, 0.6) is 11.5 Å². The summed E-state index contributed by atoms with van der Waals surface area (Å²) in [5, 5.41) is 2.84. The Bertz CT molecular complexity index is 1020. The Balaban J connectivity index is 1.45. The summed E-state index contributed by atoms with van der Waals surface area (Å²) in [5.41, 5.74) is 2.48. The molecule has 30 heavy (non-hydrogen) atoms. The molecule has 0 aliphatic carbocycles. The summed E-state index contributed by atoms with van der Waals surface area (Å²) in [6.07, 6.45) is 0.241. The number of fused-ring (bicyclic) bond motifs is 1. The van der Waals surface area contributed by atoms with Crippen molar-refractivity contribution in [1.29, 1.82) is 0 Å². The maximum Gasteiger partial charge on any atom is 0.244 e. The number of hydrogen-bond acceptors (Lipinski definition) is 4. The summed E-state index contributed by atoms with van der Waals surface area (Å²) in [5.74, 6) is 0.864. The van der Waals surface area contributed by atoms with Crippen LogP contribution in [0.3, 0.4) is 0 Å². The molecule has 0 spiro atoms. The zero-order chi connectivity index (χ0) is 20.8. The maximum absolute atomic E-state index is 13.0. The second kappa shape index (κ2) is 9.13. The Morgan fingerprint density at radius 2 is 1.50 bits per heavy atom. The van der Waals surface area contributed by atoms with E-state index in [0.717, 1.165) is 11.1 Å². The molecule has 0 aromatic heterocycles. The fraction of sp³-hybridized carbons (Fsp3) is 0.167. The van der Waals surface area contributed by atoms with Crippen molar-refractivity contribution < 1.29 is 19.1 Å². The van der Waals surface area contributed by atoms with Gasteiger partial charge in [0, 0.05) is 18.3 Å². The predicted molar refractivity (Wildman–Crippen MR) is 113 cm³/mol. The highest BCUT2D eigenvalue weighted by Gasteiger charge is 2.19. The van der Waals surface area contributed by atoms with Gasteiger partial charge < -0.3 is 19.7 Å². The molecule has 2 amide bonds. The van der Waals surface area contributed by atoms with Crippen LogP contribution in [0.2, 0.25) is 0 Å². The van der Waals surface area contributed by atoms with Gasteiger partial charge in [0.25, 0.3) is 0 Å².